The van der Waals surface area contributed by atoms with E-state index in [1.54, 1.807) is 0 Å². The Hall–Kier alpha value is -5.72. The van der Waals surface area contributed by atoms with Gasteiger partial charge in [0.2, 0.25) is 0 Å². The molecule has 0 fully saturated rings. The van der Waals surface area contributed by atoms with Crippen molar-refractivity contribution in [3.63, 3.8) is 0 Å². The Labute approximate surface area is 303 Å². The Morgan fingerprint density at radius 3 is 0.725 bits per heavy atom. The average Bonchev–Trinajstić information content (AvgIpc) is 3.22. The summed E-state index contributed by atoms with van der Waals surface area (Å²) in [6.07, 6.45) is 1.25. The predicted octanol–water partition coefficient (Wildman–Crippen LogP) is 16.1. The van der Waals surface area contributed by atoms with Crippen LogP contribution in [-0.2, 0) is 0 Å². The van der Waals surface area contributed by atoms with E-state index in [2.05, 4.69) is 184 Å². The fourth-order valence-electron chi connectivity index (χ4n) is 7.35. The van der Waals surface area contributed by atoms with Crippen molar-refractivity contribution in [2.75, 3.05) is 0 Å². The molecule has 10 rings (SSSR count). The van der Waals surface area contributed by atoms with Gasteiger partial charge in [0.05, 0.1) is 0 Å². The number of benzene rings is 10. The minimum Gasteiger partial charge on any atom is -0.0683 e. The lowest BCUT2D eigenvalue weighted by molar-refractivity contribution is 1.09. The Bertz CT molecular complexity index is 2450. The van der Waals surface area contributed by atoms with Crippen LogP contribution >= 0.6 is 0 Å². The van der Waals surface area contributed by atoms with E-state index in [4.69, 9.17) is 0 Å². The highest BCUT2D eigenvalue weighted by Gasteiger charge is 2.11. The van der Waals surface area contributed by atoms with Gasteiger partial charge >= 0.3 is 0 Å². The van der Waals surface area contributed by atoms with E-state index in [0.29, 0.717) is 0 Å². The Morgan fingerprint density at radius 2 is 0.431 bits per heavy atom. The fraction of sp³-hybridized carbons (Fsp3) is 0.137. The molecule has 0 nitrogen and oxygen atoms in total. The van der Waals surface area contributed by atoms with Gasteiger partial charge in [0.25, 0.3) is 0 Å². The van der Waals surface area contributed by atoms with Crippen molar-refractivity contribution in [3.8, 4) is 0 Å². The lowest BCUT2D eigenvalue weighted by atomic mass is 9.91. The normalized spacial score (nSPS) is 10.6. The van der Waals surface area contributed by atoms with Gasteiger partial charge in [0, 0.05) is 0 Å². The summed E-state index contributed by atoms with van der Waals surface area (Å²) >= 11 is 0. The van der Waals surface area contributed by atoms with Crippen molar-refractivity contribution in [3.05, 3.63) is 170 Å². The zero-order chi connectivity index (χ0) is 35.7. The molecule has 0 heteroatoms. The highest BCUT2D eigenvalue weighted by Crippen LogP contribution is 2.40. The van der Waals surface area contributed by atoms with E-state index in [1.165, 1.54) is 92.6 Å². The van der Waals surface area contributed by atoms with Crippen LogP contribution < -0.4 is 0 Å². The molecule has 0 N–H and O–H groups in total. The summed E-state index contributed by atoms with van der Waals surface area (Å²) in [6.45, 7) is 12.2. The van der Waals surface area contributed by atoms with Gasteiger partial charge in [-0.25, -0.2) is 0 Å². The number of fused-ring (bicyclic) bond motifs is 16. The molecular formula is C51H48. The minimum atomic E-state index is 1.25. The van der Waals surface area contributed by atoms with E-state index < -0.39 is 0 Å². The second-order valence-corrected chi connectivity index (χ2v) is 12.3. The van der Waals surface area contributed by atoms with Gasteiger partial charge in [-0.1, -0.05) is 218 Å². The van der Waals surface area contributed by atoms with E-state index in [-0.39, 0.29) is 0 Å². The van der Waals surface area contributed by atoms with E-state index in [0.717, 1.165) is 0 Å². The standard InChI is InChI=1S/2C22H14.C3H8.2C2H6/c2*1-2-8-16-15(7-1)13-14-21-19-11-4-3-9-17(19)18-10-5-6-12-20(18)22(16)21;1-3-2;2*1-2/h2*1-14H;3H2,1-2H3;2*1-2H3. The SMILES string of the molecule is CC.CC.CCC.c1ccc2c(c1)ccc1c3ccccc3c3ccccc3c21.c1ccc2c(c1)ccc1c3ccccc3c3ccccc3c21. The van der Waals surface area contributed by atoms with Crippen LogP contribution in [-0.4, -0.2) is 0 Å². The van der Waals surface area contributed by atoms with Crippen LogP contribution in [0.15, 0.2) is 170 Å². The molecule has 51 heavy (non-hydrogen) atoms. The molecule has 0 spiro atoms. The van der Waals surface area contributed by atoms with Gasteiger partial charge in [0.15, 0.2) is 0 Å². The lowest BCUT2D eigenvalue weighted by Gasteiger charge is -2.12. The van der Waals surface area contributed by atoms with Gasteiger partial charge in [-0.05, 0) is 86.2 Å². The molecule has 0 heterocycles. The summed E-state index contributed by atoms with van der Waals surface area (Å²) in [5.41, 5.74) is 0. The molecule has 10 aromatic carbocycles. The Kier molecular flexibility index (Phi) is 11.2. The summed E-state index contributed by atoms with van der Waals surface area (Å²) < 4.78 is 0. The first-order valence-corrected chi connectivity index (χ1v) is 18.7. The first-order valence-electron chi connectivity index (χ1n) is 18.7. The van der Waals surface area contributed by atoms with Crippen molar-refractivity contribution >= 4 is 86.2 Å². The smallest absolute Gasteiger partial charge is 0.00204 e. The molecule has 252 valence electrons. The Balaban J connectivity index is 0.000000150. The van der Waals surface area contributed by atoms with Gasteiger partial charge in [-0.2, -0.15) is 0 Å². The van der Waals surface area contributed by atoms with Gasteiger partial charge in [-0.15, -0.1) is 0 Å². The molecular weight excluding hydrogens is 613 g/mol. The number of rotatable bonds is 0. The highest BCUT2D eigenvalue weighted by molar-refractivity contribution is 6.32. The first kappa shape index (κ1) is 35.1. The molecule has 0 aliphatic heterocycles. The van der Waals surface area contributed by atoms with Crippen LogP contribution in [0.1, 0.15) is 48.0 Å². The quantitative estimate of drug-likeness (QED) is 0.142. The maximum atomic E-state index is 2.27. The van der Waals surface area contributed by atoms with Crippen LogP contribution in [0.4, 0.5) is 0 Å². The highest BCUT2D eigenvalue weighted by atomic mass is 14.1. The van der Waals surface area contributed by atoms with Crippen molar-refractivity contribution in [1.82, 2.24) is 0 Å². The topological polar surface area (TPSA) is 0 Å². The summed E-state index contributed by atoms with van der Waals surface area (Å²) in [7, 11) is 0. The van der Waals surface area contributed by atoms with Crippen molar-refractivity contribution in [2.24, 2.45) is 0 Å². The second-order valence-electron chi connectivity index (χ2n) is 12.3. The molecule has 0 bridgehead atoms. The molecule has 0 amide bonds. The van der Waals surface area contributed by atoms with Crippen LogP contribution in [0.2, 0.25) is 0 Å². The minimum absolute atomic E-state index is 1.25. The van der Waals surface area contributed by atoms with Crippen LogP contribution in [0.5, 0.6) is 0 Å². The van der Waals surface area contributed by atoms with E-state index in [1.807, 2.05) is 27.7 Å². The van der Waals surface area contributed by atoms with Crippen LogP contribution in [0.25, 0.3) is 86.2 Å². The zero-order valence-electron chi connectivity index (χ0n) is 30.9. The molecule has 10 aromatic rings. The summed E-state index contributed by atoms with van der Waals surface area (Å²) in [4.78, 5) is 0. The molecule has 0 aliphatic rings. The fourth-order valence-corrected chi connectivity index (χ4v) is 7.35. The molecule has 0 radical (unpaired) electrons. The summed E-state index contributed by atoms with van der Waals surface area (Å²) in [5.74, 6) is 0. The summed E-state index contributed by atoms with van der Waals surface area (Å²) in [5, 5.41) is 21.4. The molecule has 0 aromatic heterocycles. The van der Waals surface area contributed by atoms with Crippen LogP contribution in [0, 0.1) is 0 Å². The Morgan fingerprint density at radius 1 is 0.235 bits per heavy atom. The van der Waals surface area contributed by atoms with Crippen molar-refractivity contribution in [1.29, 1.82) is 0 Å². The monoisotopic (exact) mass is 660 g/mol. The van der Waals surface area contributed by atoms with Crippen LogP contribution in [0.3, 0.4) is 0 Å². The van der Waals surface area contributed by atoms with Crippen molar-refractivity contribution in [2.45, 2.75) is 48.0 Å². The van der Waals surface area contributed by atoms with Crippen molar-refractivity contribution < 1.29 is 0 Å². The maximum absolute atomic E-state index is 2.27. The first-order chi connectivity index (χ1) is 25.3. The predicted molar refractivity (Wildman–Crippen MR) is 232 cm³/mol. The van der Waals surface area contributed by atoms with Gasteiger partial charge < -0.3 is 0 Å². The molecule has 0 atom stereocenters. The second kappa shape index (κ2) is 16.3. The van der Waals surface area contributed by atoms with E-state index >= 15 is 0 Å². The molecule has 0 aliphatic carbocycles. The lowest BCUT2D eigenvalue weighted by Crippen LogP contribution is -1.84. The van der Waals surface area contributed by atoms with Gasteiger partial charge in [-0.3, -0.25) is 0 Å². The van der Waals surface area contributed by atoms with E-state index in [9.17, 15) is 0 Å². The molecule has 0 unspecified atom stereocenters. The third-order valence-corrected chi connectivity index (χ3v) is 9.27. The third-order valence-electron chi connectivity index (χ3n) is 9.27. The third kappa shape index (κ3) is 6.51. The average molecular weight is 661 g/mol. The maximum Gasteiger partial charge on any atom is -0.00204 e. The molecule has 0 saturated heterocycles. The number of hydrogen-bond donors (Lipinski definition) is 0. The summed E-state index contributed by atoms with van der Waals surface area (Å²) in [6, 6.07) is 61.3. The van der Waals surface area contributed by atoms with Gasteiger partial charge in [0.1, 0.15) is 0 Å². The zero-order valence-corrected chi connectivity index (χ0v) is 30.9. The molecule has 0 saturated carbocycles. The number of hydrogen-bond acceptors (Lipinski definition) is 0. The largest absolute Gasteiger partial charge is 0.0683 e.